The van der Waals surface area contributed by atoms with Crippen molar-refractivity contribution in [3.8, 4) is 0 Å². The van der Waals surface area contributed by atoms with Gasteiger partial charge in [0, 0.05) is 18.7 Å². The van der Waals surface area contributed by atoms with Crippen LogP contribution in [0.25, 0.3) is 0 Å². The summed E-state index contributed by atoms with van der Waals surface area (Å²) < 4.78 is 0. The zero-order chi connectivity index (χ0) is 12.3. The summed E-state index contributed by atoms with van der Waals surface area (Å²) in [6.07, 6.45) is 2.56. The SMILES string of the molecule is CCN(C)CCc1ccc2c(c1)CCC(=O)N2. The predicted molar refractivity (Wildman–Crippen MR) is 70.3 cm³/mol. The van der Waals surface area contributed by atoms with Gasteiger partial charge in [-0.1, -0.05) is 19.1 Å². The maximum Gasteiger partial charge on any atom is 0.224 e. The van der Waals surface area contributed by atoms with Gasteiger partial charge in [-0.15, -0.1) is 0 Å². The van der Waals surface area contributed by atoms with Crippen LogP contribution in [0.2, 0.25) is 0 Å². The Labute approximate surface area is 103 Å². The van der Waals surface area contributed by atoms with E-state index in [-0.39, 0.29) is 5.91 Å². The Morgan fingerprint density at radius 2 is 2.18 bits per heavy atom. The number of likely N-dealkylation sites (N-methyl/N-ethyl adjacent to an activating group) is 1. The fourth-order valence-electron chi connectivity index (χ4n) is 2.07. The number of anilines is 1. The fourth-order valence-corrected chi connectivity index (χ4v) is 2.07. The minimum Gasteiger partial charge on any atom is -0.326 e. The van der Waals surface area contributed by atoms with Crippen molar-refractivity contribution in [2.75, 3.05) is 25.5 Å². The Kier molecular flexibility index (Phi) is 3.79. The summed E-state index contributed by atoms with van der Waals surface area (Å²) in [4.78, 5) is 13.6. The zero-order valence-corrected chi connectivity index (χ0v) is 10.6. The molecule has 1 aliphatic heterocycles. The molecular weight excluding hydrogens is 212 g/mol. The maximum atomic E-state index is 11.2. The molecule has 0 bridgehead atoms. The number of amides is 1. The summed E-state index contributed by atoms with van der Waals surface area (Å²) in [6.45, 7) is 4.34. The standard InChI is InChI=1S/C14H20N2O/c1-3-16(2)9-8-11-4-6-13-12(10-11)5-7-14(17)15-13/h4,6,10H,3,5,7-9H2,1-2H3,(H,15,17). The monoisotopic (exact) mass is 232 g/mol. The highest BCUT2D eigenvalue weighted by molar-refractivity contribution is 5.93. The van der Waals surface area contributed by atoms with Crippen LogP contribution in [0.4, 0.5) is 5.69 Å². The van der Waals surface area contributed by atoms with Crippen molar-refractivity contribution in [2.45, 2.75) is 26.2 Å². The number of carbonyl (C=O) groups excluding carboxylic acids is 1. The predicted octanol–water partition coefficient (Wildman–Crippen LogP) is 2.07. The molecule has 1 heterocycles. The lowest BCUT2D eigenvalue weighted by Gasteiger charge is -2.18. The number of hydrogen-bond donors (Lipinski definition) is 1. The average Bonchev–Trinajstić information content (AvgIpc) is 2.35. The lowest BCUT2D eigenvalue weighted by molar-refractivity contribution is -0.116. The molecule has 0 spiro atoms. The molecule has 0 aliphatic carbocycles. The van der Waals surface area contributed by atoms with Gasteiger partial charge in [-0.05, 0) is 43.6 Å². The Balaban J connectivity index is 2.04. The van der Waals surface area contributed by atoms with Crippen LogP contribution in [-0.2, 0) is 17.6 Å². The van der Waals surface area contributed by atoms with Gasteiger partial charge in [0.2, 0.25) is 5.91 Å². The Bertz CT molecular complexity index is 415. The van der Waals surface area contributed by atoms with Gasteiger partial charge in [0.15, 0.2) is 0 Å². The van der Waals surface area contributed by atoms with Gasteiger partial charge in [0.05, 0.1) is 0 Å². The first-order chi connectivity index (χ1) is 8.19. The van der Waals surface area contributed by atoms with Crippen molar-refractivity contribution in [1.29, 1.82) is 0 Å². The molecule has 0 radical (unpaired) electrons. The topological polar surface area (TPSA) is 32.3 Å². The van der Waals surface area contributed by atoms with Gasteiger partial charge in [-0.3, -0.25) is 4.79 Å². The molecule has 92 valence electrons. The first kappa shape index (κ1) is 12.1. The van der Waals surface area contributed by atoms with E-state index < -0.39 is 0 Å². The second-order valence-electron chi connectivity index (χ2n) is 4.69. The van der Waals surface area contributed by atoms with Crippen LogP contribution in [0.1, 0.15) is 24.5 Å². The van der Waals surface area contributed by atoms with E-state index in [1.54, 1.807) is 0 Å². The normalized spacial score (nSPS) is 14.6. The van der Waals surface area contributed by atoms with E-state index in [4.69, 9.17) is 0 Å². The van der Waals surface area contributed by atoms with Crippen molar-refractivity contribution in [1.82, 2.24) is 4.90 Å². The lowest BCUT2D eigenvalue weighted by Crippen LogP contribution is -2.21. The van der Waals surface area contributed by atoms with E-state index in [9.17, 15) is 4.79 Å². The number of aryl methyl sites for hydroxylation is 1. The molecular formula is C14H20N2O. The summed E-state index contributed by atoms with van der Waals surface area (Å²) in [5, 5.41) is 2.91. The van der Waals surface area contributed by atoms with Gasteiger partial charge in [-0.25, -0.2) is 0 Å². The number of nitrogens with zero attached hydrogens (tertiary/aromatic N) is 1. The summed E-state index contributed by atoms with van der Waals surface area (Å²) in [7, 11) is 2.14. The molecule has 1 amide bonds. The Morgan fingerprint density at radius 3 is 2.94 bits per heavy atom. The van der Waals surface area contributed by atoms with Gasteiger partial charge >= 0.3 is 0 Å². The van der Waals surface area contributed by atoms with E-state index in [0.29, 0.717) is 6.42 Å². The fraction of sp³-hybridized carbons (Fsp3) is 0.500. The molecule has 0 fully saturated rings. The molecule has 1 aromatic carbocycles. The first-order valence-corrected chi connectivity index (χ1v) is 6.29. The van der Waals surface area contributed by atoms with Gasteiger partial charge in [0.1, 0.15) is 0 Å². The molecule has 3 nitrogen and oxygen atoms in total. The number of rotatable bonds is 4. The minimum absolute atomic E-state index is 0.135. The minimum atomic E-state index is 0.135. The molecule has 17 heavy (non-hydrogen) atoms. The second kappa shape index (κ2) is 5.32. The van der Waals surface area contributed by atoms with Crippen molar-refractivity contribution in [3.05, 3.63) is 29.3 Å². The molecule has 1 N–H and O–H groups in total. The Morgan fingerprint density at radius 1 is 1.35 bits per heavy atom. The van der Waals surface area contributed by atoms with Crippen LogP contribution in [0, 0.1) is 0 Å². The lowest BCUT2D eigenvalue weighted by atomic mass is 9.99. The van der Waals surface area contributed by atoms with Crippen LogP contribution >= 0.6 is 0 Å². The van der Waals surface area contributed by atoms with Gasteiger partial charge in [-0.2, -0.15) is 0 Å². The summed E-state index contributed by atoms with van der Waals surface area (Å²) in [5.74, 6) is 0.135. The number of benzene rings is 1. The van der Waals surface area contributed by atoms with Crippen LogP contribution in [0.3, 0.4) is 0 Å². The molecule has 3 heteroatoms. The largest absolute Gasteiger partial charge is 0.326 e. The number of hydrogen-bond acceptors (Lipinski definition) is 2. The first-order valence-electron chi connectivity index (χ1n) is 6.29. The molecule has 0 unspecified atom stereocenters. The summed E-state index contributed by atoms with van der Waals surface area (Å²) in [6, 6.07) is 6.39. The highest BCUT2D eigenvalue weighted by Crippen LogP contribution is 2.23. The van der Waals surface area contributed by atoms with Gasteiger partial charge in [0.25, 0.3) is 0 Å². The molecule has 0 saturated carbocycles. The molecule has 0 aromatic heterocycles. The quantitative estimate of drug-likeness (QED) is 0.862. The molecule has 2 rings (SSSR count). The van der Waals surface area contributed by atoms with Crippen LogP contribution in [0.5, 0.6) is 0 Å². The van der Waals surface area contributed by atoms with Crippen molar-refractivity contribution >= 4 is 11.6 Å². The smallest absolute Gasteiger partial charge is 0.224 e. The van der Waals surface area contributed by atoms with Crippen LogP contribution < -0.4 is 5.32 Å². The van der Waals surface area contributed by atoms with E-state index in [1.165, 1.54) is 11.1 Å². The second-order valence-corrected chi connectivity index (χ2v) is 4.69. The number of fused-ring (bicyclic) bond motifs is 1. The summed E-state index contributed by atoms with van der Waals surface area (Å²) in [5.41, 5.74) is 3.63. The third-order valence-electron chi connectivity index (χ3n) is 3.39. The maximum absolute atomic E-state index is 11.2. The Hall–Kier alpha value is -1.35. The molecule has 1 aromatic rings. The highest BCUT2D eigenvalue weighted by atomic mass is 16.1. The van der Waals surface area contributed by atoms with Crippen LogP contribution in [0.15, 0.2) is 18.2 Å². The third kappa shape index (κ3) is 3.07. The number of nitrogens with one attached hydrogen (secondary N) is 1. The van der Waals surface area contributed by atoms with Crippen LogP contribution in [-0.4, -0.2) is 30.9 Å². The zero-order valence-electron chi connectivity index (χ0n) is 10.6. The summed E-state index contributed by atoms with van der Waals surface area (Å²) >= 11 is 0. The van der Waals surface area contributed by atoms with Gasteiger partial charge < -0.3 is 10.2 Å². The van der Waals surface area contributed by atoms with E-state index in [2.05, 4.69) is 36.3 Å². The molecule has 0 saturated heterocycles. The van der Waals surface area contributed by atoms with Crippen molar-refractivity contribution in [3.63, 3.8) is 0 Å². The molecule has 1 aliphatic rings. The molecule has 0 atom stereocenters. The van der Waals surface area contributed by atoms with Crippen molar-refractivity contribution < 1.29 is 4.79 Å². The highest BCUT2D eigenvalue weighted by Gasteiger charge is 2.14. The average molecular weight is 232 g/mol. The van der Waals surface area contributed by atoms with E-state index in [0.717, 1.165) is 31.6 Å². The number of carbonyl (C=O) groups is 1. The van der Waals surface area contributed by atoms with E-state index >= 15 is 0 Å². The van der Waals surface area contributed by atoms with E-state index in [1.807, 2.05) is 6.07 Å². The van der Waals surface area contributed by atoms with Crippen molar-refractivity contribution in [2.24, 2.45) is 0 Å². The third-order valence-corrected chi connectivity index (χ3v) is 3.39.